The van der Waals surface area contributed by atoms with Gasteiger partial charge in [-0.15, -0.1) is 0 Å². The molecule has 2 aromatic rings. The third-order valence-electron chi connectivity index (χ3n) is 3.87. The summed E-state index contributed by atoms with van der Waals surface area (Å²) in [5.74, 6) is 1.18. The molecule has 0 bridgehead atoms. The summed E-state index contributed by atoms with van der Waals surface area (Å²) in [5, 5.41) is 0. The molecule has 1 aromatic heterocycles. The third kappa shape index (κ3) is 3.12. The highest BCUT2D eigenvalue weighted by molar-refractivity contribution is 7.71. The smallest absolute Gasteiger partial charge is 0.130 e. The molecule has 2 nitrogen and oxygen atoms in total. The molecule has 1 heterocycles. The van der Waals surface area contributed by atoms with E-state index in [4.69, 9.17) is 12.2 Å². The average molecular weight is 288 g/mol. The van der Waals surface area contributed by atoms with Gasteiger partial charge in [0.1, 0.15) is 16.3 Å². The highest BCUT2D eigenvalue weighted by Gasteiger charge is 2.18. The number of hydrogen-bond donors (Lipinski definition) is 1. The van der Waals surface area contributed by atoms with Gasteiger partial charge in [-0.1, -0.05) is 37.2 Å². The van der Waals surface area contributed by atoms with Crippen LogP contribution in [-0.4, -0.2) is 9.97 Å². The van der Waals surface area contributed by atoms with E-state index in [2.05, 4.69) is 9.97 Å². The van der Waals surface area contributed by atoms with Crippen molar-refractivity contribution in [3.8, 4) is 0 Å². The Labute approximate surface area is 123 Å². The quantitative estimate of drug-likeness (QED) is 0.841. The minimum absolute atomic E-state index is 0.215. The molecular weight excluding hydrogens is 271 g/mol. The van der Waals surface area contributed by atoms with Gasteiger partial charge in [-0.2, -0.15) is 0 Å². The summed E-state index contributed by atoms with van der Waals surface area (Å²) in [5.41, 5.74) is 2.10. The van der Waals surface area contributed by atoms with Gasteiger partial charge in [0.2, 0.25) is 0 Å². The topological polar surface area (TPSA) is 28.7 Å². The second-order valence-electron chi connectivity index (χ2n) is 5.41. The van der Waals surface area contributed by atoms with Gasteiger partial charge in [0.25, 0.3) is 0 Å². The monoisotopic (exact) mass is 288 g/mol. The fourth-order valence-electron chi connectivity index (χ4n) is 2.91. The maximum atomic E-state index is 13.2. The molecule has 1 aliphatic carbocycles. The van der Waals surface area contributed by atoms with E-state index in [1.807, 2.05) is 12.1 Å². The number of halogens is 1. The van der Waals surface area contributed by atoms with Crippen LogP contribution in [0.1, 0.15) is 48.7 Å². The minimum atomic E-state index is -0.215. The molecule has 104 valence electrons. The summed E-state index contributed by atoms with van der Waals surface area (Å²) in [7, 11) is 0. The molecule has 1 aliphatic rings. The number of aromatic nitrogens is 2. The number of nitrogens with one attached hydrogen (secondary N) is 1. The number of hydrogen-bond acceptors (Lipinski definition) is 2. The van der Waals surface area contributed by atoms with Crippen molar-refractivity contribution < 1.29 is 4.39 Å². The summed E-state index contributed by atoms with van der Waals surface area (Å²) in [6, 6.07) is 8.60. The van der Waals surface area contributed by atoms with Crippen molar-refractivity contribution in [2.24, 2.45) is 0 Å². The van der Waals surface area contributed by atoms with E-state index < -0.39 is 0 Å². The van der Waals surface area contributed by atoms with E-state index >= 15 is 0 Å². The normalized spacial score (nSPS) is 15.7. The van der Waals surface area contributed by atoms with E-state index in [0.29, 0.717) is 17.0 Å². The highest BCUT2D eigenvalue weighted by atomic mass is 32.1. The van der Waals surface area contributed by atoms with E-state index in [0.717, 1.165) is 11.4 Å². The minimum Gasteiger partial charge on any atom is -0.347 e. The Hall–Kier alpha value is -1.55. The zero-order valence-electron chi connectivity index (χ0n) is 11.2. The number of rotatable bonds is 3. The molecule has 0 amide bonds. The van der Waals surface area contributed by atoms with Crippen molar-refractivity contribution >= 4 is 12.2 Å². The lowest BCUT2D eigenvalue weighted by atomic mass is 10.0. The molecule has 1 N–H and O–H groups in total. The molecule has 4 heteroatoms. The Bertz CT molecular complexity index is 660. The van der Waals surface area contributed by atoms with Gasteiger partial charge >= 0.3 is 0 Å². The summed E-state index contributed by atoms with van der Waals surface area (Å²) < 4.78 is 13.8. The van der Waals surface area contributed by atoms with Gasteiger partial charge in [-0.3, -0.25) is 0 Å². The van der Waals surface area contributed by atoms with E-state index in [9.17, 15) is 4.39 Å². The van der Waals surface area contributed by atoms with Crippen LogP contribution in [0.4, 0.5) is 4.39 Å². The number of H-pyrrole nitrogens is 1. The molecule has 20 heavy (non-hydrogen) atoms. The summed E-state index contributed by atoms with van der Waals surface area (Å²) in [4.78, 5) is 7.76. The fourth-order valence-corrected chi connectivity index (χ4v) is 3.15. The van der Waals surface area contributed by atoms with Crippen LogP contribution in [0.25, 0.3) is 0 Å². The van der Waals surface area contributed by atoms with Crippen LogP contribution in [-0.2, 0) is 6.42 Å². The Morgan fingerprint density at radius 3 is 2.80 bits per heavy atom. The summed E-state index contributed by atoms with van der Waals surface area (Å²) in [6.45, 7) is 0. The second kappa shape index (κ2) is 5.83. The molecule has 0 aliphatic heterocycles. The number of nitrogens with zero attached hydrogens (tertiary/aromatic N) is 1. The van der Waals surface area contributed by atoms with Crippen LogP contribution in [0.2, 0.25) is 0 Å². The average Bonchev–Trinajstić information content (AvgIpc) is 2.91. The van der Waals surface area contributed by atoms with E-state index in [-0.39, 0.29) is 5.82 Å². The SMILES string of the molecule is Fc1cccc(Cc2nc(=S)cc(C3CCCC3)[nH]2)c1. The van der Waals surface area contributed by atoms with Crippen molar-refractivity contribution in [1.29, 1.82) is 0 Å². The third-order valence-corrected chi connectivity index (χ3v) is 4.08. The van der Waals surface area contributed by atoms with E-state index in [1.165, 1.54) is 37.4 Å². The maximum absolute atomic E-state index is 13.2. The molecule has 0 spiro atoms. The lowest BCUT2D eigenvalue weighted by Gasteiger charge is -2.11. The van der Waals surface area contributed by atoms with Crippen molar-refractivity contribution in [3.63, 3.8) is 0 Å². The maximum Gasteiger partial charge on any atom is 0.130 e. The molecule has 0 saturated heterocycles. The van der Waals surface area contributed by atoms with Crippen LogP contribution >= 0.6 is 12.2 Å². The van der Waals surface area contributed by atoms with Crippen LogP contribution in [0.5, 0.6) is 0 Å². The molecular formula is C16H17FN2S. The number of benzene rings is 1. The molecule has 3 rings (SSSR count). The molecule has 1 saturated carbocycles. The van der Waals surface area contributed by atoms with Gasteiger partial charge in [0, 0.05) is 12.1 Å². The lowest BCUT2D eigenvalue weighted by molar-refractivity contribution is 0.625. The van der Waals surface area contributed by atoms with Gasteiger partial charge in [-0.05, 0) is 42.5 Å². The van der Waals surface area contributed by atoms with Gasteiger partial charge in [0.05, 0.1) is 0 Å². The van der Waals surface area contributed by atoms with Gasteiger partial charge < -0.3 is 4.98 Å². The molecule has 0 unspecified atom stereocenters. The molecule has 0 radical (unpaired) electrons. The van der Waals surface area contributed by atoms with Gasteiger partial charge in [-0.25, -0.2) is 9.37 Å². The van der Waals surface area contributed by atoms with Crippen LogP contribution in [0, 0.1) is 10.5 Å². The Morgan fingerprint density at radius 1 is 1.25 bits per heavy atom. The van der Waals surface area contributed by atoms with E-state index in [1.54, 1.807) is 12.1 Å². The van der Waals surface area contributed by atoms with Crippen LogP contribution in [0.3, 0.4) is 0 Å². The summed E-state index contributed by atoms with van der Waals surface area (Å²) in [6.07, 6.45) is 5.59. The number of aromatic amines is 1. The Kier molecular flexibility index (Phi) is 3.92. The first-order valence-electron chi connectivity index (χ1n) is 7.05. The first-order chi connectivity index (χ1) is 9.70. The van der Waals surface area contributed by atoms with Crippen LogP contribution < -0.4 is 0 Å². The standard InChI is InChI=1S/C16H17FN2S/c17-13-7-3-4-11(8-13)9-15-18-14(10-16(20)19-15)12-5-1-2-6-12/h3-4,7-8,10,12H,1-2,5-6,9H2,(H,18,19,20). The van der Waals surface area contributed by atoms with Crippen molar-refractivity contribution in [2.45, 2.75) is 38.0 Å². The second-order valence-corrected chi connectivity index (χ2v) is 5.83. The predicted molar refractivity (Wildman–Crippen MR) is 79.8 cm³/mol. The van der Waals surface area contributed by atoms with Crippen molar-refractivity contribution in [1.82, 2.24) is 9.97 Å². The first-order valence-corrected chi connectivity index (χ1v) is 7.46. The lowest BCUT2D eigenvalue weighted by Crippen LogP contribution is -2.04. The molecule has 1 fully saturated rings. The Morgan fingerprint density at radius 2 is 2.05 bits per heavy atom. The zero-order chi connectivity index (χ0) is 13.9. The first kappa shape index (κ1) is 13.4. The van der Waals surface area contributed by atoms with Crippen LogP contribution in [0.15, 0.2) is 30.3 Å². The molecule has 1 aromatic carbocycles. The largest absolute Gasteiger partial charge is 0.347 e. The van der Waals surface area contributed by atoms with Crippen molar-refractivity contribution in [2.75, 3.05) is 0 Å². The Balaban J connectivity index is 1.87. The summed E-state index contributed by atoms with van der Waals surface area (Å²) >= 11 is 5.26. The van der Waals surface area contributed by atoms with Crippen molar-refractivity contribution in [3.05, 3.63) is 57.9 Å². The van der Waals surface area contributed by atoms with Gasteiger partial charge in [0.15, 0.2) is 0 Å². The fraction of sp³-hybridized carbons (Fsp3) is 0.375. The molecule has 0 atom stereocenters. The highest BCUT2D eigenvalue weighted by Crippen LogP contribution is 2.32. The zero-order valence-corrected chi connectivity index (χ0v) is 12.0. The predicted octanol–water partition coefficient (Wildman–Crippen LogP) is 4.53.